The Morgan fingerprint density at radius 2 is 2.29 bits per heavy atom. The van der Waals surface area contributed by atoms with Gasteiger partial charge in [0.25, 0.3) is 0 Å². The Morgan fingerprint density at radius 1 is 1.35 bits per heavy atom. The topological polar surface area (TPSA) is 37.0 Å². The van der Waals surface area contributed by atoms with E-state index in [0.29, 0.717) is 6.04 Å². The Morgan fingerprint density at radius 3 is 3.12 bits per heavy atom. The van der Waals surface area contributed by atoms with E-state index in [1.54, 1.807) is 0 Å². The van der Waals surface area contributed by atoms with Crippen molar-refractivity contribution < 1.29 is 0 Å². The van der Waals surface area contributed by atoms with Crippen molar-refractivity contribution in [1.29, 1.82) is 0 Å². The maximum absolute atomic E-state index is 6.04. The van der Waals surface area contributed by atoms with E-state index in [9.17, 15) is 0 Å². The zero-order valence-corrected chi connectivity index (χ0v) is 10.2. The molecule has 0 saturated carbocycles. The quantitative estimate of drug-likeness (QED) is 0.857. The van der Waals surface area contributed by atoms with Crippen molar-refractivity contribution in [3.63, 3.8) is 0 Å². The lowest BCUT2D eigenvalue weighted by atomic mass is 10.1. The number of rotatable bonds is 2. The predicted octanol–water partition coefficient (Wildman–Crippen LogP) is 2.66. The Bertz CT molecular complexity index is 535. The number of fused-ring (bicyclic) bond motifs is 1. The molecule has 88 valence electrons. The maximum atomic E-state index is 6.04. The van der Waals surface area contributed by atoms with Gasteiger partial charge in [0, 0.05) is 34.9 Å². The van der Waals surface area contributed by atoms with Crippen LogP contribution >= 0.6 is 11.6 Å². The number of benzene rings is 1. The van der Waals surface area contributed by atoms with Gasteiger partial charge in [0.2, 0.25) is 0 Å². The van der Waals surface area contributed by atoms with Crippen molar-refractivity contribution in [1.82, 2.24) is 10.3 Å². The van der Waals surface area contributed by atoms with Crippen molar-refractivity contribution in [2.75, 3.05) is 18.4 Å². The summed E-state index contributed by atoms with van der Waals surface area (Å²) in [4.78, 5) is 4.34. The summed E-state index contributed by atoms with van der Waals surface area (Å²) in [7, 11) is 0. The third-order valence-electron chi connectivity index (χ3n) is 3.12. The molecule has 0 aliphatic carbocycles. The van der Waals surface area contributed by atoms with E-state index < -0.39 is 0 Å². The number of hydrogen-bond donors (Lipinski definition) is 2. The molecule has 0 amide bonds. The summed E-state index contributed by atoms with van der Waals surface area (Å²) in [6, 6.07) is 8.30. The molecule has 2 aromatic rings. The molecule has 4 heteroatoms. The molecular weight excluding hydrogens is 234 g/mol. The average molecular weight is 248 g/mol. The summed E-state index contributed by atoms with van der Waals surface area (Å²) < 4.78 is 0. The molecule has 1 aromatic carbocycles. The molecule has 0 unspecified atom stereocenters. The molecule has 1 saturated heterocycles. The fraction of sp³-hybridized carbons (Fsp3) is 0.308. The molecule has 17 heavy (non-hydrogen) atoms. The Labute approximate surface area is 105 Å². The van der Waals surface area contributed by atoms with Gasteiger partial charge in [0.15, 0.2) is 0 Å². The molecule has 1 aromatic heterocycles. The Balaban J connectivity index is 1.99. The molecular formula is C13H14ClN3. The second kappa shape index (κ2) is 4.51. The molecule has 1 aliphatic heterocycles. The first-order chi connectivity index (χ1) is 8.33. The molecule has 2 heterocycles. The fourth-order valence-electron chi connectivity index (χ4n) is 2.24. The predicted molar refractivity (Wildman–Crippen MR) is 71.7 cm³/mol. The van der Waals surface area contributed by atoms with Gasteiger partial charge in [0.05, 0.1) is 5.52 Å². The van der Waals surface area contributed by atoms with Crippen molar-refractivity contribution in [2.24, 2.45) is 0 Å². The van der Waals surface area contributed by atoms with Crippen LogP contribution in [-0.2, 0) is 0 Å². The van der Waals surface area contributed by atoms with Crippen molar-refractivity contribution >= 4 is 28.2 Å². The van der Waals surface area contributed by atoms with Crippen LogP contribution in [0.5, 0.6) is 0 Å². The molecule has 0 spiro atoms. The average Bonchev–Trinajstić information content (AvgIpc) is 2.83. The summed E-state index contributed by atoms with van der Waals surface area (Å²) in [6.45, 7) is 2.10. The number of halogens is 1. The Kier molecular flexibility index (Phi) is 2.87. The lowest BCUT2D eigenvalue weighted by Gasteiger charge is -2.14. The molecule has 0 radical (unpaired) electrons. The first kappa shape index (κ1) is 10.8. The molecule has 1 aliphatic rings. The number of nitrogens with one attached hydrogen (secondary N) is 2. The minimum Gasteiger partial charge on any atom is -0.380 e. The summed E-state index contributed by atoms with van der Waals surface area (Å²) in [5.74, 6) is 0. The first-order valence-corrected chi connectivity index (χ1v) is 6.22. The molecule has 1 atom stereocenters. The van der Waals surface area contributed by atoms with E-state index in [4.69, 9.17) is 11.6 Å². The lowest BCUT2D eigenvalue weighted by molar-refractivity contribution is 0.794. The van der Waals surface area contributed by atoms with Crippen molar-refractivity contribution in [3.8, 4) is 0 Å². The van der Waals surface area contributed by atoms with Crippen LogP contribution in [0.25, 0.3) is 10.9 Å². The van der Waals surface area contributed by atoms with Crippen LogP contribution in [0.4, 0.5) is 5.69 Å². The van der Waals surface area contributed by atoms with E-state index in [1.165, 1.54) is 0 Å². The highest BCUT2D eigenvalue weighted by molar-refractivity contribution is 6.31. The number of nitrogens with zero attached hydrogens (tertiary/aromatic N) is 1. The monoisotopic (exact) mass is 247 g/mol. The van der Waals surface area contributed by atoms with Gasteiger partial charge >= 0.3 is 0 Å². The highest BCUT2D eigenvalue weighted by atomic mass is 35.5. The van der Waals surface area contributed by atoms with Gasteiger partial charge in [-0.2, -0.15) is 0 Å². The lowest BCUT2D eigenvalue weighted by Crippen LogP contribution is -2.22. The molecule has 3 nitrogen and oxygen atoms in total. The van der Waals surface area contributed by atoms with Gasteiger partial charge in [-0.25, -0.2) is 0 Å². The van der Waals surface area contributed by atoms with Crippen LogP contribution in [0.3, 0.4) is 0 Å². The van der Waals surface area contributed by atoms with Crippen LogP contribution < -0.4 is 10.6 Å². The summed E-state index contributed by atoms with van der Waals surface area (Å²) in [6.07, 6.45) is 2.99. The standard InChI is InChI=1S/C13H14ClN3/c14-9-1-2-12-11(7-9)13(4-6-16-12)17-10-3-5-15-8-10/h1-2,4,6-7,10,15H,3,5,8H2,(H,16,17)/t10-/m1/s1. The third-order valence-corrected chi connectivity index (χ3v) is 3.36. The highest BCUT2D eigenvalue weighted by Crippen LogP contribution is 2.25. The maximum Gasteiger partial charge on any atom is 0.0723 e. The minimum absolute atomic E-state index is 0.500. The number of pyridine rings is 1. The van der Waals surface area contributed by atoms with Gasteiger partial charge in [-0.1, -0.05) is 11.6 Å². The second-order valence-corrected chi connectivity index (χ2v) is 4.79. The zero-order valence-electron chi connectivity index (χ0n) is 9.41. The summed E-state index contributed by atoms with van der Waals surface area (Å²) >= 11 is 6.04. The van der Waals surface area contributed by atoms with Gasteiger partial charge in [-0.3, -0.25) is 4.98 Å². The first-order valence-electron chi connectivity index (χ1n) is 5.84. The fourth-order valence-corrected chi connectivity index (χ4v) is 2.41. The largest absolute Gasteiger partial charge is 0.380 e. The second-order valence-electron chi connectivity index (χ2n) is 4.35. The molecule has 2 N–H and O–H groups in total. The van der Waals surface area contributed by atoms with Crippen molar-refractivity contribution in [2.45, 2.75) is 12.5 Å². The Hall–Kier alpha value is -1.32. The van der Waals surface area contributed by atoms with Crippen LogP contribution in [0.15, 0.2) is 30.5 Å². The van der Waals surface area contributed by atoms with Crippen LogP contribution in [0.2, 0.25) is 5.02 Å². The van der Waals surface area contributed by atoms with Gasteiger partial charge in [-0.05, 0) is 37.2 Å². The van der Waals surface area contributed by atoms with Crippen LogP contribution in [0.1, 0.15) is 6.42 Å². The third kappa shape index (κ3) is 2.21. The minimum atomic E-state index is 0.500. The number of aromatic nitrogens is 1. The van der Waals surface area contributed by atoms with Gasteiger partial charge in [0.1, 0.15) is 0 Å². The van der Waals surface area contributed by atoms with E-state index in [-0.39, 0.29) is 0 Å². The van der Waals surface area contributed by atoms with E-state index in [1.807, 2.05) is 30.5 Å². The SMILES string of the molecule is Clc1ccc2nccc(N[C@@H]3CCNC3)c2c1. The van der Waals surface area contributed by atoms with Gasteiger partial charge < -0.3 is 10.6 Å². The number of anilines is 1. The molecule has 1 fully saturated rings. The normalized spacial score (nSPS) is 19.7. The van der Waals surface area contributed by atoms with E-state index >= 15 is 0 Å². The summed E-state index contributed by atoms with van der Waals surface area (Å²) in [5.41, 5.74) is 2.09. The summed E-state index contributed by atoms with van der Waals surface area (Å²) in [5, 5.41) is 8.74. The van der Waals surface area contributed by atoms with Crippen LogP contribution in [-0.4, -0.2) is 24.1 Å². The molecule has 0 bridgehead atoms. The highest BCUT2D eigenvalue weighted by Gasteiger charge is 2.14. The number of hydrogen-bond acceptors (Lipinski definition) is 3. The van der Waals surface area contributed by atoms with Crippen molar-refractivity contribution in [3.05, 3.63) is 35.5 Å². The smallest absolute Gasteiger partial charge is 0.0723 e. The van der Waals surface area contributed by atoms with E-state index in [0.717, 1.165) is 41.1 Å². The van der Waals surface area contributed by atoms with Gasteiger partial charge in [-0.15, -0.1) is 0 Å². The van der Waals surface area contributed by atoms with E-state index in [2.05, 4.69) is 15.6 Å². The zero-order chi connectivity index (χ0) is 11.7. The molecule has 3 rings (SSSR count). The van der Waals surface area contributed by atoms with Crippen LogP contribution in [0, 0.1) is 0 Å².